The lowest BCUT2D eigenvalue weighted by molar-refractivity contribution is 0.486. The zero-order valence-electron chi connectivity index (χ0n) is 20.7. The molecule has 0 radical (unpaired) electrons. The highest BCUT2D eigenvalue weighted by atomic mass is 16.5. The van der Waals surface area contributed by atoms with E-state index in [1.54, 1.807) is 0 Å². The summed E-state index contributed by atoms with van der Waals surface area (Å²) in [7, 11) is 0. The van der Waals surface area contributed by atoms with E-state index in [-0.39, 0.29) is 0 Å². The average Bonchev–Trinajstić information content (AvgIpc) is 3.31. The highest BCUT2D eigenvalue weighted by Crippen LogP contribution is 2.50. The predicted molar refractivity (Wildman–Crippen MR) is 156 cm³/mol. The number of aromatic nitrogens is 3. The smallest absolute Gasteiger partial charge is 0.236 e. The molecule has 2 aromatic heterocycles. The van der Waals surface area contributed by atoms with Crippen LogP contribution in [0.5, 0.6) is 11.5 Å². The van der Waals surface area contributed by atoms with Gasteiger partial charge in [-0.1, -0.05) is 72.8 Å². The van der Waals surface area contributed by atoms with Crippen molar-refractivity contribution in [3.8, 4) is 39.6 Å². The Kier molecular flexibility index (Phi) is 3.99. The summed E-state index contributed by atoms with van der Waals surface area (Å²) in [5.74, 6) is 3.21. The van der Waals surface area contributed by atoms with Crippen LogP contribution in [-0.4, -0.2) is 14.5 Å². The van der Waals surface area contributed by atoms with E-state index in [0.717, 1.165) is 67.3 Å². The fourth-order valence-corrected chi connectivity index (χ4v) is 6.07. The quantitative estimate of drug-likeness (QED) is 0.226. The molecule has 2 aliphatic rings. The number of nitrogens with zero attached hydrogens (tertiary/aromatic N) is 4. The first-order chi connectivity index (χ1) is 19.3. The fourth-order valence-electron chi connectivity index (χ4n) is 6.07. The third-order valence-electron chi connectivity index (χ3n) is 7.74. The number of hydrogen-bond acceptors (Lipinski definition) is 4. The minimum absolute atomic E-state index is 0.621. The number of anilines is 3. The van der Waals surface area contributed by atoms with E-state index in [9.17, 15) is 0 Å². The molecule has 5 nitrogen and oxygen atoms in total. The SMILES string of the molecule is c1ccc2c(c1)Oc1cccc3nc(N4c5ccccc5-c5ccccc5-n5c4cc4ccccc45)nc-2c13. The van der Waals surface area contributed by atoms with Gasteiger partial charge in [0.2, 0.25) is 5.95 Å². The monoisotopic (exact) mass is 500 g/mol. The van der Waals surface area contributed by atoms with Gasteiger partial charge in [-0.3, -0.25) is 9.47 Å². The first-order valence-electron chi connectivity index (χ1n) is 13.0. The second-order valence-corrected chi connectivity index (χ2v) is 9.89. The second-order valence-electron chi connectivity index (χ2n) is 9.89. The van der Waals surface area contributed by atoms with Gasteiger partial charge >= 0.3 is 0 Å². The summed E-state index contributed by atoms with van der Waals surface area (Å²) >= 11 is 0. The third-order valence-corrected chi connectivity index (χ3v) is 7.74. The number of para-hydroxylation sites is 4. The summed E-state index contributed by atoms with van der Waals surface area (Å²) in [5.41, 5.74) is 8.31. The van der Waals surface area contributed by atoms with Crippen molar-refractivity contribution < 1.29 is 4.74 Å². The van der Waals surface area contributed by atoms with Crippen LogP contribution in [0.2, 0.25) is 0 Å². The van der Waals surface area contributed by atoms with E-state index in [1.807, 2.05) is 36.4 Å². The summed E-state index contributed by atoms with van der Waals surface area (Å²) in [6.45, 7) is 0. The summed E-state index contributed by atoms with van der Waals surface area (Å²) in [6, 6.07) is 42.0. The van der Waals surface area contributed by atoms with Crippen molar-refractivity contribution in [2.45, 2.75) is 0 Å². The maximum absolute atomic E-state index is 6.25. The molecule has 0 atom stereocenters. The van der Waals surface area contributed by atoms with Gasteiger partial charge in [-0.25, -0.2) is 9.97 Å². The first-order valence-corrected chi connectivity index (χ1v) is 13.0. The molecule has 182 valence electrons. The van der Waals surface area contributed by atoms with E-state index in [0.29, 0.717) is 5.95 Å². The number of benzene rings is 5. The van der Waals surface area contributed by atoms with Gasteiger partial charge < -0.3 is 4.74 Å². The van der Waals surface area contributed by atoms with Gasteiger partial charge in [0.25, 0.3) is 0 Å². The van der Waals surface area contributed by atoms with Crippen molar-refractivity contribution in [1.29, 1.82) is 0 Å². The van der Waals surface area contributed by atoms with Crippen molar-refractivity contribution in [2.75, 3.05) is 4.90 Å². The van der Waals surface area contributed by atoms with E-state index in [1.165, 1.54) is 5.56 Å². The minimum Gasteiger partial charge on any atom is -0.456 e. The van der Waals surface area contributed by atoms with Crippen LogP contribution in [0.1, 0.15) is 0 Å². The number of ether oxygens (including phenoxy) is 1. The van der Waals surface area contributed by atoms with Gasteiger partial charge in [0.05, 0.1) is 33.5 Å². The molecule has 0 aliphatic carbocycles. The van der Waals surface area contributed by atoms with Gasteiger partial charge in [0.1, 0.15) is 17.3 Å². The molecular formula is C34H20N4O. The molecule has 5 heteroatoms. The van der Waals surface area contributed by atoms with E-state index < -0.39 is 0 Å². The van der Waals surface area contributed by atoms with Gasteiger partial charge in [0.15, 0.2) is 0 Å². The molecule has 0 unspecified atom stereocenters. The van der Waals surface area contributed by atoms with Crippen LogP contribution in [-0.2, 0) is 0 Å². The molecule has 7 aromatic rings. The minimum atomic E-state index is 0.621. The maximum Gasteiger partial charge on any atom is 0.236 e. The van der Waals surface area contributed by atoms with Crippen LogP contribution in [0, 0.1) is 0 Å². The van der Waals surface area contributed by atoms with Gasteiger partial charge in [-0.15, -0.1) is 0 Å². The topological polar surface area (TPSA) is 43.2 Å². The lowest BCUT2D eigenvalue weighted by Crippen LogP contribution is -2.17. The van der Waals surface area contributed by atoms with E-state index in [4.69, 9.17) is 14.7 Å². The normalized spacial score (nSPS) is 12.8. The van der Waals surface area contributed by atoms with Crippen molar-refractivity contribution in [3.05, 3.63) is 121 Å². The summed E-state index contributed by atoms with van der Waals surface area (Å²) < 4.78 is 8.58. The Hall–Kier alpha value is -5.42. The van der Waals surface area contributed by atoms with Crippen molar-refractivity contribution in [2.24, 2.45) is 0 Å². The van der Waals surface area contributed by atoms with Gasteiger partial charge in [-0.2, -0.15) is 0 Å². The molecule has 0 saturated carbocycles. The van der Waals surface area contributed by atoms with Crippen LogP contribution in [0.25, 0.3) is 49.9 Å². The highest BCUT2D eigenvalue weighted by molar-refractivity contribution is 6.03. The Bertz CT molecular complexity index is 2130. The third kappa shape index (κ3) is 2.79. The molecular weight excluding hydrogens is 480 g/mol. The van der Waals surface area contributed by atoms with Crippen LogP contribution < -0.4 is 9.64 Å². The standard InChI is InChI=1S/C34H20N4O/c1-5-15-26-21(10-1)20-31-37(26)27-16-6-2-11-22(27)23-12-3-7-17-28(23)38(31)34-35-25-14-9-19-30-32(25)33(36-34)24-13-4-8-18-29(24)39-30/h1-20H. The van der Waals surface area contributed by atoms with E-state index in [2.05, 4.69) is 94.4 Å². The first kappa shape index (κ1) is 20.6. The maximum atomic E-state index is 6.25. The average molecular weight is 501 g/mol. The largest absolute Gasteiger partial charge is 0.456 e. The van der Waals surface area contributed by atoms with Gasteiger partial charge in [0, 0.05) is 22.1 Å². The number of rotatable bonds is 1. The Morgan fingerprint density at radius 2 is 1.26 bits per heavy atom. The molecule has 0 spiro atoms. The molecule has 0 bridgehead atoms. The fraction of sp³-hybridized carbons (Fsp3) is 0. The summed E-state index contributed by atoms with van der Waals surface area (Å²) in [5, 5.41) is 2.10. The van der Waals surface area contributed by atoms with Crippen LogP contribution in [0.3, 0.4) is 0 Å². The Morgan fingerprint density at radius 3 is 2.15 bits per heavy atom. The molecule has 39 heavy (non-hydrogen) atoms. The summed E-state index contributed by atoms with van der Waals surface area (Å²) in [6.07, 6.45) is 0. The van der Waals surface area contributed by atoms with Crippen molar-refractivity contribution in [1.82, 2.24) is 14.5 Å². The van der Waals surface area contributed by atoms with Crippen LogP contribution in [0.4, 0.5) is 17.5 Å². The zero-order chi connectivity index (χ0) is 25.5. The summed E-state index contributed by atoms with van der Waals surface area (Å²) in [4.78, 5) is 12.7. The molecule has 4 heterocycles. The zero-order valence-corrected chi connectivity index (χ0v) is 20.7. The van der Waals surface area contributed by atoms with Crippen molar-refractivity contribution in [3.63, 3.8) is 0 Å². The predicted octanol–water partition coefficient (Wildman–Crippen LogP) is 8.80. The molecule has 0 N–H and O–H groups in total. The van der Waals surface area contributed by atoms with Crippen LogP contribution >= 0.6 is 0 Å². The molecule has 0 amide bonds. The lowest BCUT2D eigenvalue weighted by Gasteiger charge is -2.26. The Morgan fingerprint density at radius 1 is 0.564 bits per heavy atom. The Balaban J connectivity index is 1.43. The van der Waals surface area contributed by atoms with Crippen molar-refractivity contribution >= 4 is 39.3 Å². The second kappa shape index (κ2) is 7.55. The van der Waals surface area contributed by atoms with Gasteiger partial charge in [-0.05, 0) is 48.5 Å². The Labute approximate surface area is 224 Å². The molecule has 9 rings (SSSR count). The molecule has 5 aromatic carbocycles. The molecule has 0 fully saturated rings. The van der Waals surface area contributed by atoms with E-state index >= 15 is 0 Å². The highest BCUT2D eigenvalue weighted by Gasteiger charge is 2.31. The van der Waals surface area contributed by atoms with Crippen LogP contribution in [0.15, 0.2) is 121 Å². The molecule has 0 saturated heterocycles. The number of hydrogen-bond donors (Lipinski definition) is 0. The molecule has 2 aliphatic heterocycles. The number of fused-ring (bicyclic) bond motifs is 9. The lowest BCUT2D eigenvalue weighted by atomic mass is 10.0.